The van der Waals surface area contributed by atoms with Gasteiger partial charge >= 0.3 is 0 Å². The van der Waals surface area contributed by atoms with Gasteiger partial charge in [-0.1, -0.05) is 34.8 Å². The number of benzene rings is 2. The van der Waals surface area contributed by atoms with Crippen LogP contribution >= 0.6 is 34.8 Å². The third-order valence-electron chi connectivity index (χ3n) is 3.33. The molecule has 0 aliphatic heterocycles. The number of hydrogen-bond acceptors (Lipinski definition) is 3. The summed E-state index contributed by atoms with van der Waals surface area (Å²) in [6.07, 6.45) is 1.33. The van der Waals surface area contributed by atoms with E-state index in [2.05, 4.69) is 4.98 Å². The van der Waals surface area contributed by atoms with E-state index in [0.29, 0.717) is 26.5 Å². The van der Waals surface area contributed by atoms with Gasteiger partial charge in [0.2, 0.25) is 0 Å². The van der Waals surface area contributed by atoms with Crippen LogP contribution in [0.15, 0.2) is 47.5 Å². The lowest BCUT2D eigenvalue weighted by atomic mass is 10.1. The van der Waals surface area contributed by atoms with Crippen LogP contribution in [0.25, 0.3) is 10.9 Å². The molecule has 23 heavy (non-hydrogen) atoms. The van der Waals surface area contributed by atoms with E-state index in [4.69, 9.17) is 34.8 Å². The van der Waals surface area contributed by atoms with E-state index >= 15 is 0 Å². The summed E-state index contributed by atoms with van der Waals surface area (Å²) >= 11 is 17.7. The molecule has 4 nitrogen and oxygen atoms in total. The monoisotopic (exact) mass is 366 g/mol. The highest BCUT2D eigenvalue weighted by atomic mass is 35.5. The second-order valence-corrected chi connectivity index (χ2v) is 6.17. The zero-order valence-corrected chi connectivity index (χ0v) is 13.9. The molecule has 3 rings (SSSR count). The van der Waals surface area contributed by atoms with Crippen molar-refractivity contribution in [2.24, 2.45) is 0 Å². The van der Waals surface area contributed by atoms with Crippen LogP contribution in [-0.4, -0.2) is 15.3 Å². The molecular formula is C16H9Cl3N2O2. The van der Waals surface area contributed by atoms with Crippen LogP contribution in [0.2, 0.25) is 15.1 Å². The molecule has 116 valence electrons. The fourth-order valence-electron chi connectivity index (χ4n) is 2.20. The van der Waals surface area contributed by atoms with Gasteiger partial charge in [0.25, 0.3) is 5.56 Å². The van der Waals surface area contributed by atoms with Crippen molar-refractivity contribution in [2.75, 3.05) is 0 Å². The van der Waals surface area contributed by atoms with Crippen LogP contribution in [0.4, 0.5) is 0 Å². The van der Waals surface area contributed by atoms with E-state index in [9.17, 15) is 9.59 Å². The molecule has 0 fully saturated rings. The van der Waals surface area contributed by atoms with E-state index in [1.807, 2.05) is 0 Å². The molecule has 0 atom stereocenters. The Morgan fingerprint density at radius 3 is 2.48 bits per heavy atom. The molecular weight excluding hydrogens is 359 g/mol. The molecule has 1 heterocycles. The Morgan fingerprint density at radius 1 is 1.04 bits per heavy atom. The molecule has 1 aromatic heterocycles. The van der Waals surface area contributed by atoms with Crippen LogP contribution in [-0.2, 0) is 6.54 Å². The van der Waals surface area contributed by atoms with Gasteiger partial charge in [-0.05, 0) is 36.4 Å². The van der Waals surface area contributed by atoms with Gasteiger partial charge in [-0.3, -0.25) is 14.2 Å². The lowest BCUT2D eigenvalue weighted by Crippen LogP contribution is -2.24. The number of carbonyl (C=O) groups excluding carboxylic acids is 1. The maximum Gasteiger partial charge on any atom is 0.261 e. The molecule has 0 N–H and O–H groups in total. The van der Waals surface area contributed by atoms with Crippen molar-refractivity contribution in [1.29, 1.82) is 0 Å². The van der Waals surface area contributed by atoms with Crippen LogP contribution in [0.3, 0.4) is 0 Å². The molecule has 0 spiro atoms. The summed E-state index contributed by atoms with van der Waals surface area (Å²) in [7, 11) is 0. The maximum atomic E-state index is 12.4. The summed E-state index contributed by atoms with van der Waals surface area (Å²) in [5.41, 5.74) is 0.484. The predicted octanol–water partition coefficient (Wildman–Crippen LogP) is 4.24. The van der Waals surface area contributed by atoms with E-state index in [1.54, 1.807) is 18.2 Å². The van der Waals surface area contributed by atoms with Crippen molar-refractivity contribution in [2.45, 2.75) is 6.54 Å². The molecule has 0 saturated heterocycles. The first kappa shape index (κ1) is 16.0. The van der Waals surface area contributed by atoms with Crippen LogP contribution < -0.4 is 5.56 Å². The number of fused-ring (bicyclic) bond motifs is 1. The van der Waals surface area contributed by atoms with E-state index < -0.39 is 0 Å². The molecule has 0 bridgehead atoms. The molecule has 0 amide bonds. The lowest BCUT2D eigenvalue weighted by Gasteiger charge is -2.07. The minimum Gasteiger partial charge on any atom is -0.292 e. The zero-order valence-electron chi connectivity index (χ0n) is 11.6. The third kappa shape index (κ3) is 3.24. The quantitative estimate of drug-likeness (QED) is 0.651. The van der Waals surface area contributed by atoms with Gasteiger partial charge in [-0.25, -0.2) is 4.98 Å². The van der Waals surface area contributed by atoms with Gasteiger partial charge in [0.1, 0.15) is 0 Å². The largest absolute Gasteiger partial charge is 0.292 e. The molecule has 0 unspecified atom stereocenters. The Balaban J connectivity index is 1.99. The van der Waals surface area contributed by atoms with Gasteiger partial charge in [-0.2, -0.15) is 0 Å². The Hall–Kier alpha value is -1.88. The first-order valence-corrected chi connectivity index (χ1v) is 7.72. The maximum absolute atomic E-state index is 12.4. The van der Waals surface area contributed by atoms with Gasteiger partial charge in [0.05, 0.1) is 28.8 Å². The molecule has 0 aliphatic rings. The normalized spacial score (nSPS) is 10.9. The number of Topliss-reactive ketones (excluding diaryl/α,β-unsaturated/α-hetero) is 1. The molecule has 0 aliphatic carbocycles. The van der Waals surface area contributed by atoms with Crippen molar-refractivity contribution in [3.05, 3.63) is 73.7 Å². The highest BCUT2D eigenvalue weighted by molar-refractivity contribution is 6.36. The van der Waals surface area contributed by atoms with Crippen LogP contribution in [0.1, 0.15) is 10.4 Å². The average Bonchev–Trinajstić information content (AvgIpc) is 2.50. The summed E-state index contributed by atoms with van der Waals surface area (Å²) in [6, 6.07) is 9.42. The second kappa shape index (κ2) is 6.32. The predicted molar refractivity (Wildman–Crippen MR) is 91.8 cm³/mol. The average molecular weight is 368 g/mol. The number of aromatic nitrogens is 2. The number of ketones is 1. The highest BCUT2D eigenvalue weighted by Crippen LogP contribution is 2.21. The van der Waals surface area contributed by atoms with Gasteiger partial charge in [-0.15, -0.1) is 0 Å². The third-order valence-corrected chi connectivity index (χ3v) is 4.11. The van der Waals surface area contributed by atoms with Crippen LogP contribution in [0.5, 0.6) is 0 Å². The standard InChI is InChI=1S/C16H9Cl3N2O2/c17-9-2-4-14-12(5-9)16(23)21(8-20-14)7-15(22)11-3-1-10(18)6-13(11)19/h1-6,8H,7H2. The fourth-order valence-corrected chi connectivity index (χ4v) is 2.89. The van der Waals surface area contributed by atoms with Crippen molar-refractivity contribution in [1.82, 2.24) is 9.55 Å². The summed E-state index contributed by atoms with van der Waals surface area (Å²) in [4.78, 5) is 29.0. The number of halogens is 3. The molecule has 0 radical (unpaired) electrons. The van der Waals surface area contributed by atoms with Crippen molar-refractivity contribution in [3.63, 3.8) is 0 Å². The highest BCUT2D eigenvalue weighted by Gasteiger charge is 2.13. The second-order valence-electron chi connectivity index (χ2n) is 4.89. The molecule has 2 aromatic carbocycles. The first-order valence-electron chi connectivity index (χ1n) is 6.58. The smallest absolute Gasteiger partial charge is 0.261 e. The van der Waals surface area contributed by atoms with Crippen molar-refractivity contribution in [3.8, 4) is 0 Å². The molecule has 7 heteroatoms. The number of hydrogen-bond donors (Lipinski definition) is 0. The van der Waals surface area contributed by atoms with Crippen molar-refractivity contribution >= 4 is 51.5 Å². The first-order chi connectivity index (χ1) is 11.0. The lowest BCUT2D eigenvalue weighted by molar-refractivity contribution is 0.0971. The minimum absolute atomic E-state index is 0.171. The topological polar surface area (TPSA) is 52.0 Å². The van der Waals surface area contributed by atoms with E-state index in [1.165, 1.54) is 29.1 Å². The van der Waals surface area contributed by atoms with Gasteiger partial charge < -0.3 is 0 Å². The summed E-state index contributed by atoms with van der Waals surface area (Å²) in [5, 5.41) is 1.47. The zero-order chi connectivity index (χ0) is 16.6. The Labute approximate surface area is 146 Å². The summed E-state index contributed by atoms with van der Waals surface area (Å²) in [5.74, 6) is -0.308. The number of rotatable bonds is 3. The number of carbonyl (C=O) groups is 1. The van der Waals surface area contributed by atoms with E-state index in [0.717, 1.165) is 0 Å². The molecule has 3 aromatic rings. The fraction of sp³-hybridized carbons (Fsp3) is 0.0625. The van der Waals surface area contributed by atoms with E-state index in [-0.39, 0.29) is 22.9 Å². The Kier molecular flexibility index (Phi) is 4.39. The van der Waals surface area contributed by atoms with Gasteiger partial charge in [0, 0.05) is 15.6 Å². The minimum atomic E-state index is -0.337. The summed E-state index contributed by atoms with van der Waals surface area (Å²) in [6.45, 7) is -0.171. The number of nitrogens with zero attached hydrogens (tertiary/aromatic N) is 2. The Bertz CT molecular complexity index is 983. The molecule has 0 saturated carbocycles. The van der Waals surface area contributed by atoms with Crippen molar-refractivity contribution < 1.29 is 4.79 Å². The van der Waals surface area contributed by atoms with Gasteiger partial charge in [0.15, 0.2) is 5.78 Å². The Morgan fingerprint density at radius 2 is 1.74 bits per heavy atom. The van der Waals surface area contributed by atoms with Crippen LogP contribution in [0, 0.1) is 0 Å². The SMILES string of the molecule is O=C(Cn1cnc2ccc(Cl)cc2c1=O)c1ccc(Cl)cc1Cl. The summed E-state index contributed by atoms with van der Waals surface area (Å²) < 4.78 is 1.23.